The third kappa shape index (κ3) is 4.46. The molecule has 0 radical (unpaired) electrons. The molecule has 2 rings (SSSR count). The highest BCUT2D eigenvalue weighted by Gasteiger charge is 2.11. The van der Waals surface area contributed by atoms with Crippen LogP contribution in [0.2, 0.25) is 4.34 Å². The average molecular weight is 388 g/mol. The van der Waals surface area contributed by atoms with Crippen LogP contribution in [0.15, 0.2) is 34.8 Å². The monoisotopic (exact) mass is 386 g/mol. The van der Waals surface area contributed by atoms with Gasteiger partial charge in [-0.05, 0) is 59.2 Å². The molecule has 0 aliphatic rings. The lowest BCUT2D eigenvalue weighted by Crippen LogP contribution is -2.19. The van der Waals surface area contributed by atoms with E-state index in [4.69, 9.17) is 11.6 Å². The normalized spacial score (nSPS) is 12.4. The molecule has 0 saturated heterocycles. The van der Waals surface area contributed by atoms with Gasteiger partial charge in [0, 0.05) is 22.4 Å². The molecule has 1 heterocycles. The van der Waals surface area contributed by atoms with Gasteiger partial charge in [-0.25, -0.2) is 0 Å². The van der Waals surface area contributed by atoms with Gasteiger partial charge in [0.25, 0.3) is 0 Å². The molecule has 1 aromatic carbocycles. The van der Waals surface area contributed by atoms with Crippen molar-refractivity contribution in [2.45, 2.75) is 26.4 Å². The van der Waals surface area contributed by atoms with Gasteiger partial charge in [0.05, 0.1) is 16.6 Å². The Bertz CT molecular complexity index is 600. The summed E-state index contributed by atoms with van der Waals surface area (Å²) >= 11 is 11.3. The molecule has 1 N–H and O–H groups in total. The van der Waals surface area contributed by atoms with Crippen LogP contribution in [0.5, 0.6) is 0 Å². The molecule has 1 unspecified atom stereocenters. The van der Waals surface area contributed by atoms with Crippen LogP contribution in [0, 0.1) is 0 Å². The number of anilines is 1. The number of halogens is 2. The molecule has 0 amide bonds. The minimum atomic E-state index is 0.363. The van der Waals surface area contributed by atoms with E-state index in [9.17, 15) is 0 Å². The van der Waals surface area contributed by atoms with Crippen molar-refractivity contribution in [2.75, 3.05) is 18.5 Å². The van der Waals surface area contributed by atoms with Gasteiger partial charge < -0.3 is 10.2 Å². The summed E-state index contributed by atoms with van der Waals surface area (Å²) in [7, 11) is 2.10. The highest BCUT2D eigenvalue weighted by molar-refractivity contribution is 9.10. The maximum Gasteiger partial charge on any atom is 0.0931 e. The van der Waals surface area contributed by atoms with E-state index in [-0.39, 0.29) is 0 Å². The fourth-order valence-electron chi connectivity index (χ4n) is 2.28. The van der Waals surface area contributed by atoms with Crippen molar-refractivity contribution in [1.29, 1.82) is 0 Å². The van der Waals surface area contributed by atoms with E-state index in [2.05, 4.69) is 71.3 Å². The number of rotatable bonds is 6. The van der Waals surface area contributed by atoms with Gasteiger partial charge in [-0.2, -0.15) is 0 Å². The molecular formula is C16H20BrClN2S. The molecule has 0 fully saturated rings. The topological polar surface area (TPSA) is 15.3 Å². The minimum Gasteiger partial charge on any atom is -0.369 e. The third-order valence-corrected chi connectivity index (χ3v) is 5.27. The zero-order valence-electron chi connectivity index (χ0n) is 12.5. The molecule has 1 atom stereocenters. The van der Waals surface area contributed by atoms with Crippen LogP contribution in [0.25, 0.3) is 0 Å². The van der Waals surface area contributed by atoms with Crippen molar-refractivity contribution in [1.82, 2.24) is 5.32 Å². The lowest BCUT2D eigenvalue weighted by Gasteiger charge is -2.22. The summed E-state index contributed by atoms with van der Waals surface area (Å²) in [6, 6.07) is 10.9. The first-order valence-corrected chi connectivity index (χ1v) is 8.98. The Balaban J connectivity index is 2.12. The average Bonchev–Trinajstić information content (AvgIpc) is 2.84. The van der Waals surface area contributed by atoms with Gasteiger partial charge in [-0.3, -0.25) is 0 Å². The number of benzene rings is 1. The fourth-order valence-corrected chi connectivity index (χ4v) is 4.12. The lowest BCUT2D eigenvalue weighted by atomic mass is 10.1. The zero-order valence-corrected chi connectivity index (χ0v) is 15.6. The molecule has 114 valence electrons. The van der Waals surface area contributed by atoms with Gasteiger partial charge >= 0.3 is 0 Å². The summed E-state index contributed by atoms with van der Waals surface area (Å²) in [6.45, 7) is 6.14. The van der Waals surface area contributed by atoms with Crippen LogP contribution < -0.4 is 10.2 Å². The van der Waals surface area contributed by atoms with Crippen molar-refractivity contribution in [3.05, 3.63) is 49.6 Å². The standard InChI is InChI=1S/C16H20BrClN2S/c1-4-19-11(2)12-5-7-15(14(17)9-12)20(3)10-13-6-8-16(18)21-13/h5-9,11,19H,4,10H2,1-3H3. The Hall–Kier alpha value is -0.550. The summed E-state index contributed by atoms with van der Waals surface area (Å²) in [5, 5.41) is 3.43. The molecule has 0 bridgehead atoms. The van der Waals surface area contributed by atoms with Crippen LogP contribution in [0.3, 0.4) is 0 Å². The molecule has 5 heteroatoms. The highest BCUT2D eigenvalue weighted by atomic mass is 79.9. The quantitative estimate of drug-likeness (QED) is 0.707. The summed E-state index contributed by atoms with van der Waals surface area (Å²) in [6.07, 6.45) is 0. The van der Waals surface area contributed by atoms with Crippen LogP contribution in [-0.4, -0.2) is 13.6 Å². The predicted molar refractivity (Wildman–Crippen MR) is 97.7 cm³/mol. The lowest BCUT2D eigenvalue weighted by molar-refractivity contribution is 0.598. The van der Waals surface area contributed by atoms with E-state index in [0.29, 0.717) is 6.04 Å². The maximum absolute atomic E-state index is 5.99. The molecule has 0 aliphatic carbocycles. The second-order valence-corrected chi connectivity index (χ2v) is 7.71. The van der Waals surface area contributed by atoms with Crippen molar-refractivity contribution in [3.8, 4) is 0 Å². The van der Waals surface area contributed by atoms with Gasteiger partial charge in [-0.1, -0.05) is 24.6 Å². The Morgan fingerprint density at radius 1 is 1.33 bits per heavy atom. The highest BCUT2D eigenvalue weighted by Crippen LogP contribution is 2.31. The molecular weight excluding hydrogens is 368 g/mol. The summed E-state index contributed by atoms with van der Waals surface area (Å²) in [5.74, 6) is 0. The van der Waals surface area contributed by atoms with E-state index in [1.807, 2.05) is 6.07 Å². The van der Waals surface area contributed by atoms with Crippen LogP contribution in [0.1, 0.15) is 30.3 Å². The van der Waals surface area contributed by atoms with Crippen molar-refractivity contribution >= 4 is 44.6 Å². The molecule has 1 aromatic heterocycles. The zero-order chi connectivity index (χ0) is 15.4. The number of thiophene rings is 1. The molecule has 2 nitrogen and oxygen atoms in total. The molecule has 2 aromatic rings. The van der Waals surface area contributed by atoms with E-state index >= 15 is 0 Å². The molecule has 0 saturated carbocycles. The molecule has 0 spiro atoms. The summed E-state index contributed by atoms with van der Waals surface area (Å²) in [5.41, 5.74) is 2.48. The summed E-state index contributed by atoms with van der Waals surface area (Å²) in [4.78, 5) is 3.49. The molecule has 21 heavy (non-hydrogen) atoms. The Morgan fingerprint density at radius 2 is 2.10 bits per heavy atom. The van der Waals surface area contributed by atoms with Crippen molar-refractivity contribution in [3.63, 3.8) is 0 Å². The van der Waals surface area contributed by atoms with Crippen LogP contribution >= 0.6 is 38.9 Å². The van der Waals surface area contributed by atoms with E-state index in [0.717, 1.165) is 21.9 Å². The maximum atomic E-state index is 5.99. The van der Waals surface area contributed by atoms with Crippen LogP contribution in [-0.2, 0) is 6.54 Å². The molecule has 0 aliphatic heterocycles. The van der Waals surface area contributed by atoms with Crippen molar-refractivity contribution in [2.24, 2.45) is 0 Å². The van der Waals surface area contributed by atoms with E-state index in [1.54, 1.807) is 11.3 Å². The van der Waals surface area contributed by atoms with Gasteiger partial charge in [0.1, 0.15) is 0 Å². The summed E-state index contributed by atoms with van der Waals surface area (Å²) < 4.78 is 1.96. The number of nitrogens with zero attached hydrogens (tertiary/aromatic N) is 1. The van der Waals surface area contributed by atoms with Crippen molar-refractivity contribution < 1.29 is 0 Å². The van der Waals surface area contributed by atoms with E-state index in [1.165, 1.54) is 16.1 Å². The Labute approximate surface area is 144 Å². The Kier molecular flexibility index (Phi) is 6.11. The fraction of sp³-hybridized carbons (Fsp3) is 0.375. The SMILES string of the molecule is CCNC(C)c1ccc(N(C)Cc2ccc(Cl)s2)c(Br)c1. The smallest absolute Gasteiger partial charge is 0.0931 e. The first-order valence-electron chi connectivity index (χ1n) is 6.99. The second kappa shape index (κ2) is 7.63. The number of hydrogen-bond acceptors (Lipinski definition) is 3. The third-order valence-electron chi connectivity index (χ3n) is 3.42. The number of nitrogens with one attached hydrogen (secondary N) is 1. The first kappa shape index (κ1) is 16.8. The first-order chi connectivity index (χ1) is 10.0. The number of hydrogen-bond donors (Lipinski definition) is 1. The van der Waals surface area contributed by atoms with Gasteiger partial charge in [-0.15, -0.1) is 11.3 Å². The predicted octanol–water partition coefficient (Wildman–Crippen LogP) is 5.47. The van der Waals surface area contributed by atoms with Gasteiger partial charge in [0.2, 0.25) is 0 Å². The van der Waals surface area contributed by atoms with Crippen LogP contribution in [0.4, 0.5) is 5.69 Å². The largest absolute Gasteiger partial charge is 0.369 e. The second-order valence-electron chi connectivity index (χ2n) is 5.05. The minimum absolute atomic E-state index is 0.363. The van der Waals surface area contributed by atoms with Gasteiger partial charge in [0.15, 0.2) is 0 Å². The Morgan fingerprint density at radius 3 is 2.67 bits per heavy atom. The van der Waals surface area contributed by atoms with E-state index < -0.39 is 0 Å².